The highest BCUT2D eigenvalue weighted by molar-refractivity contribution is 5.76. The lowest BCUT2D eigenvalue weighted by Crippen LogP contribution is -2.46. The molecule has 0 bridgehead atoms. The van der Waals surface area contributed by atoms with Crippen LogP contribution in [0.15, 0.2) is 24.3 Å². The Morgan fingerprint density at radius 3 is 2.73 bits per heavy atom. The van der Waals surface area contributed by atoms with Crippen LogP contribution in [0.5, 0.6) is 5.75 Å². The van der Waals surface area contributed by atoms with Crippen molar-refractivity contribution in [2.75, 3.05) is 19.7 Å². The third-order valence-electron chi connectivity index (χ3n) is 3.74. The highest BCUT2D eigenvalue weighted by atomic mass is 16.5. The average molecular weight is 306 g/mol. The summed E-state index contributed by atoms with van der Waals surface area (Å²) in [6, 6.07) is 7.33. The van der Waals surface area contributed by atoms with Crippen molar-refractivity contribution in [3.8, 4) is 5.75 Å². The molecule has 1 aromatic carbocycles. The summed E-state index contributed by atoms with van der Waals surface area (Å²) in [7, 11) is 0. The number of carbonyl (C=O) groups excluding carboxylic acids is 1. The normalized spacial score (nSPS) is 17.9. The second-order valence-electron chi connectivity index (χ2n) is 5.36. The lowest BCUT2D eigenvalue weighted by Gasteiger charge is -2.30. The van der Waals surface area contributed by atoms with Gasteiger partial charge in [0.25, 0.3) is 0 Å². The molecule has 2 rings (SSSR count). The number of hydrogen-bond acceptors (Lipinski definition) is 3. The van der Waals surface area contributed by atoms with E-state index in [0.717, 1.165) is 17.7 Å². The first-order chi connectivity index (χ1) is 10.6. The first kappa shape index (κ1) is 16.1. The molecule has 2 amide bonds. The van der Waals surface area contributed by atoms with Crippen LogP contribution in [0.4, 0.5) is 4.79 Å². The molecule has 1 atom stereocenters. The molecule has 1 aliphatic rings. The van der Waals surface area contributed by atoms with Crippen LogP contribution >= 0.6 is 0 Å². The van der Waals surface area contributed by atoms with E-state index in [-0.39, 0.29) is 12.6 Å². The molecule has 22 heavy (non-hydrogen) atoms. The summed E-state index contributed by atoms with van der Waals surface area (Å²) in [6.45, 7) is 3.86. The van der Waals surface area contributed by atoms with Crippen molar-refractivity contribution in [3.63, 3.8) is 0 Å². The van der Waals surface area contributed by atoms with E-state index in [1.807, 2.05) is 31.2 Å². The SMILES string of the molecule is CCOc1ccc(CNC(=O)N2CCCC(C(=O)O)C2)cc1. The summed E-state index contributed by atoms with van der Waals surface area (Å²) >= 11 is 0. The maximum Gasteiger partial charge on any atom is 0.317 e. The third-order valence-corrected chi connectivity index (χ3v) is 3.74. The molecule has 1 aliphatic heterocycles. The Balaban J connectivity index is 1.83. The van der Waals surface area contributed by atoms with Crippen molar-refractivity contribution in [1.82, 2.24) is 10.2 Å². The van der Waals surface area contributed by atoms with Crippen LogP contribution in [0.25, 0.3) is 0 Å². The van der Waals surface area contributed by atoms with Gasteiger partial charge in [-0.25, -0.2) is 4.79 Å². The van der Waals surface area contributed by atoms with Gasteiger partial charge in [0, 0.05) is 19.6 Å². The molecular weight excluding hydrogens is 284 g/mol. The highest BCUT2D eigenvalue weighted by Crippen LogP contribution is 2.17. The van der Waals surface area contributed by atoms with Crippen molar-refractivity contribution in [1.29, 1.82) is 0 Å². The summed E-state index contributed by atoms with van der Waals surface area (Å²) in [4.78, 5) is 24.7. The van der Waals surface area contributed by atoms with Crippen molar-refractivity contribution >= 4 is 12.0 Å². The molecule has 2 N–H and O–H groups in total. The van der Waals surface area contributed by atoms with Crippen LogP contribution in [0.1, 0.15) is 25.3 Å². The van der Waals surface area contributed by atoms with Crippen molar-refractivity contribution < 1.29 is 19.4 Å². The zero-order chi connectivity index (χ0) is 15.9. The molecule has 1 fully saturated rings. The Labute approximate surface area is 130 Å². The number of carbonyl (C=O) groups is 2. The topological polar surface area (TPSA) is 78.9 Å². The minimum absolute atomic E-state index is 0.208. The average Bonchev–Trinajstić information content (AvgIpc) is 2.54. The zero-order valence-electron chi connectivity index (χ0n) is 12.7. The Bertz CT molecular complexity index is 515. The lowest BCUT2D eigenvalue weighted by atomic mass is 9.99. The van der Waals surface area contributed by atoms with Gasteiger partial charge >= 0.3 is 12.0 Å². The van der Waals surface area contributed by atoms with E-state index in [0.29, 0.717) is 26.1 Å². The Kier molecular flexibility index (Phi) is 5.63. The highest BCUT2D eigenvalue weighted by Gasteiger charge is 2.27. The van der Waals surface area contributed by atoms with E-state index in [4.69, 9.17) is 9.84 Å². The molecule has 6 heteroatoms. The number of piperidine rings is 1. The largest absolute Gasteiger partial charge is 0.494 e. The van der Waals surface area contributed by atoms with Crippen LogP contribution in [0.2, 0.25) is 0 Å². The molecule has 1 heterocycles. The number of rotatable bonds is 5. The van der Waals surface area contributed by atoms with Crippen molar-refractivity contribution in [2.45, 2.75) is 26.3 Å². The van der Waals surface area contributed by atoms with E-state index in [2.05, 4.69) is 5.32 Å². The second-order valence-corrected chi connectivity index (χ2v) is 5.36. The molecule has 0 spiro atoms. The van der Waals surface area contributed by atoms with Crippen LogP contribution in [-0.2, 0) is 11.3 Å². The quantitative estimate of drug-likeness (QED) is 0.873. The van der Waals surface area contributed by atoms with E-state index < -0.39 is 11.9 Å². The minimum atomic E-state index is -0.830. The van der Waals surface area contributed by atoms with Crippen LogP contribution in [0, 0.1) is 5.92 Å². The maximum atomic E-state index is 12.1. The number of amides is 2. The third kappa shape index (κ3) is 4.38. The Morgan fingerprint density at radius 2 is 2.09 bits per heavy atom. The minimum Gasteiger partial charge on any atom is -0.494 e. The molecule has 1 aromatic rings. The summed E-state index contributed by atoms with van der Waals surface area (Å²) in [6.07, 6.45) is 1.37. The van der Waals surface area contributed by atoms with Crippen molar-refractivity contribution in [2.24, 2.45) is 5.92 Å². The first-order valence-corrected chi connectivity index (χ1v) is 7.57. The molecule has 0 saturated carbocycles. The molecule has 6 nitrogen and oxygen atoms in total. The number of aliphatic carboxylic acids is 1. The predicted octanol–water partition coefficient (Wildman–Crippen LogP) is 2.09. The number of nitrogens with one attached hydrogen (secondary N) is 1. The summed E-state index contributed by atoms with van der Waals surface area (Å²) in [5, 5.41) is 11.9. The number of nitrogens with zero attached hydrogens (tertiary/aromatic N) is 1. The van der Waals surface area contributed by atoms with Gasteiger partial charge < -0.3 is 20.1 Å². The number of urea groups is 1. The molecular formula is C16H22N2O4. The summed E-state index contributed by atoms with van der Waals surface area (Å²) in [5.74, 6) is -0.480. The number of ether oxygens (including phenoxy) is 1. The maximum absolute atomic E-state index is 12.1. The number of carboxylic acid groups (broad SMARTS) is 1. The number of hydrogen-bond donors (Lipinski definition) is 2. The molecule has 1 unspecified atom stereocenters. The van der Waals surface area contributed by atoms with Gasteiger partial charge in [0.1, 0.15) is 5.75 Å². The smallest absolute Gasteiger partial charge is 0.317 e. The van der Waals surface area contributed by atoms with E-state index in [1.165, 1.54) is 0 Å². The van der Waals surface area contributed by atoms with Gasteiger partial charge in [0.05, 0.1) is 12.5 Å². The predicted molar refractivity (Wildman–Crippen MR) is 81.8 cm³/mol. The molecule has 0 aliphatic carbocycles. The number of benzene rings is 1. The van der Waals surface area contributed by atoms with Crippen LogP contribution in [-0.4, -0.2) is 41.7 Å². The van der Waals surface area contributed by atoms with Crippen LogP contribution < -0.4 is 10.1 Å². The summed E-state index contributed by atoms with van der Waals surface area (Å²) < 4.78 is 5.36. The van der Waals surface area contributed by atoms with E-state index >= 15 is 0 Å². The van der Waals surface area contributed by atoms with Gasteiger partial charge in [-0.05, 0) is 37.5 Å². The number of carboxylic acids is 1. The van der Waals surface area contributed by atoms with Gasteiger partial charge in [-0.3, -0.25) is 4.79 Å². The lowest BCUT2D eigenvalue weighted by molar-refractivity contribution is -0.143. The molecule has 120 valence electrons. The fraction of sp³-hybridized carbons (Fsp3) is 0.500. The van der Waals surface area contributed by atoms with E-state index in [9.17, 15) is 9.59 Å². The van der Waals surface area contributed by atoms with Gasteiger partial charge in [-0.2, -0.15) is 0 Å². The summed E-state index contributed by atoms with van der Waals surface area (Å²) in [5.41, 5.74) is 0.976. The fourth-order valence-electron chi connectivity index (χ4n) is 2.52. The molecule has 0 radical (unpaired) electrons. The Morgan fingerprint density at radius 1 is 1.36 bits per heavy atom. The number of likely N-dealkylation sites (tertiary alicyclic amines) is 1. The molecule has 0 aromatic heterocycles. The zero-order valence-corrected chi connectivity index (χ0v) is 12.7. The van der Waals surface area contributed by atoms with Gasteiger partial charge in [-0.15, -0.1) is 0 Å². The molecule has 1 saturated heterocycles. The van der Waals surface area contributed by atoms with Gasteiger partial charge in [0.15, 0.2) is 0 Å². The first-order valence-electron chi connectivity index (χ1n) is 7.57. The van der Waals surface area contributed by atoms with E-state index in [1.54, 1.807) is 4.90 Å². The Hall–Kier alpha value is -2.24. The fourth-order valence-corrected chi connectivity index (χ4v) is 2.52. The monoisotopic (exact) mass is 306 g/mol. The standard InChI is InChI=1S/C16H22N2O4/c1-2-22-14-7-5-12(6-8-14)10-17-16(21)18-9-3-4-13(11-18)15(19)20/h5-8,13H,2-4,9-11H2,1H3,(H,17,21)(H,19,20). The van der Waals surface area contributed by atoms with Crippen LogP contribution in [0.3, 0.4) is 0 Å². The van der Waals surface area contributed by atoms with Gasteiger partial charge in [0.2, 0.25) is 0 Å². The second kappa shape index (κ2) is 7.68. The van der Waals surface area contributed by atoms with Crippen molar-refractivity contribution in [3.05, 3.63) is 29.8 Å². The van der Waals surface area contributed by atoms with Gasteiger partial charge in [-0.1, -0.05) is 12.1 Å².